The second-order valence-electron chi connectivity index (χ2n) is 8.17. The standard InChI is InChI=1S/C23H28N4O2S/c1-4-15(3)24-21(28)16-8-10-27(11-9-16)23-25-19-18(13-30-20(19)22(29)26-23)17-7-5-6-14(2)12-17/h5-7,12-13,15-16H,4,8-11H2,1-3H3,(H,24,28)(H,25,26,29)/t15-/m0/s1. The second kappa shape index (κ2) is 8.60. The molecule has 1 fully saturated rings. The van der Waals surface area contributed by atoms with Gasteiger partial charge < -0.3 is 10.2 Å². The fourth-order valence-electron chi connectivity index (χ4n) is 3.90. The van der Waals surface area contributed by atoms with Crippen molar-refractivity contribution < 1.29 is 4.79 Å². The van der Waals surface area contributed by atoms with Gasteiger partial charge in [-0.1, -0.05) is 36.8 Å². The molecular formula is C23H28N4O2S. The average molecular weight is 425 g/mol. The normalized spacial score (nSPS) is 16.0. The number of aryl methyl sites for hydroxylation is 1. The predicted octanol–water partition coefficient (Wildman–Crippen LogP) is 4.09. The summed E-state index contributed by atoms with van der Waals surface area (Å²) in [5, 5.41) is 5.10. The third-order valence-electron chi connectivity index (χ3n) is 5.91. The molecule has 7 heteroatoms. The van der Waals surface area contributed by atoms with Gasteiger partial charge in [0, 0.05) is 36.0 Å². The molecule has 1 aliphatic heterocycles. The van der Waals surface area contributed by atoms with Crippen molar-refractivity contribution >= 4 is 33.4 Å². The molecular weight excluding hydrogens is 396 g/mol. The van der Waals surface area contributed by atoms with E-state index in [1.54, 1.807) is 0 Å². The van der Waals surface area contributed by atoms with E-state index in [4.69, 9.17) is 4.98 Å². The summed E-state index contributed by atoms with van der Waals surface area (Å²) in [7, 11) is 0. The van der Waals surface area contributed by atoms with Crippen LogP contribution in [0.4, 0.5) is 5.95 Å². The van der Waals surface area contributed by atoms with E-state index in [0.29, 0.717) is 23.7 Å². The van der Waals surface area contributed by atoms with Gasteiger partial charge in [0.25, 0.3) is 5.56 Å². The summed E-state index contributed by atoms with van der Waals surface area (Å²) >= 11 is 1.43. The molecule has 6 nitrogen and oxygen atoms in total. The number of hydrogen-bond donors (Lipinski definition) is 2. The number of fused-ring (bicyclic) bond motifs is 1. The van der Waals surface area contributed by atoms with Crippen molar-refractivity contribution in [2.45, 2.75) is 46.1 Å². The predicted molar refractivity (Wildman–Crippen MR) is 123 cm³/mol. The number of hydrogen-bond acceptors (Lipinski definition) is 5. The van der Waals surface area contributed by atoms with Crippen LogP contribution in [0.5, 0.6) is 0 Å². The molecule has 30 heavy (non-hydrogen) atoms. The molecule has 1 aromatic carbocycles. The van der Waals surface area contributed by atoms with Crippen LogP contribution in [0, 0.1) is 12.8 Å². The number of piperidine rings is 1. The molecule has 1 aliphatic rings. The maximum Gasteiger partial charge on any atom is 0.270 e. The molecule has 1 atom stereocenters. The number of carbonyl (C=O) groups excluding carboxylic acids is 1. The van der Waals surface area contributed by atoms with Crippen LogP contribution in [-0.2, 0) is 4.79 Å². The first-order valence-electron chi connectivity index (χ1n) is 10.6. The zero-order valence-electron chi connectivity index (χ0n) is 17.7. The molecule has 3 aromatic rings. The Morgan fingerprint density at radius 3 is 2.83 bits per heavy atom. The number of carbonyl (C=O) groups is 1. The van der Waals surface area contributed by atoms with Gasteiger partial charge in [-0.2, -0.15) is 0 Å². The first-order valence-corrected chi connectivity index (χ1v) is 11.5. The van der Waals surface area contributed by atoms with E-state index in [2.05, 4.69) is 47.2 Å². The Bertz CT molecular complexity index is 1110. The van der Waals surface area contributed by atoms with Crippen molar-refractivity contribution in [1.29, 1.82) is 0 Å². The lowest BCUT2D eigenvalue weighted by atomic mass is 9.95. The molecule has 0 saturated carbocycles. The van der Waals surface area contributed by atoms with E-state index < -0.39 is 0 Å². The fourth-order valence-corrected chi connectivity index (χ4v) is 4.81. The number of thiophene rings is 1. The molecule has 158 valence electrons. The number of amides is 1. The van der Waals surface area contributed by atoms with E-state index in [0.717, 1.165) is 35.9 Å². The number of anilines is 1. The second-order valence-corrected chi connectivity index (χ2v) is 9.04. The Morgan fingerprint density at radius 2 is 2.13 bits per heavy atom. The van der Waals surface area contributed by atoms with Gasteiger partial charge in [-0.15, -0.1) is 11.3 Å². The number of benzene rings is 1. The van der Waals surface area contributed by atoms with Gasteiger partial charge in [-0.25, -0.2) is 4.98 Å². The van der Waals surface area contributed by atoms with Crippen molar-refractivity contribution in [3.05, 3.63) is 45.6 Å². The first-order chi connectivity index (χ1) is 14.5. The Labute approximate surface area is 180 Å². The van der Waals surface area contributed by atoms with Gasteiger partial charge in [-0.05, 0) is 38.7 Å². The lowest BCUT2D eigenvalue weighted by Crippen LogP contribution is -2.43. The lowest BCUT2D eigenvalue weighted by molar-refractivity contribution is -0.126. The highest BCUT2D eigenvalue weighted by Gasteiger charge is 2.27. The zero-order valence-corrected chi connectivity index (χ0v) is 18.5. The molecule has 1 saturated heterocycles. The first kappa shape index (κ1) is 20.6. The third kappa shape index (κ3) is 4.12. The quantitative estimate of drug-likeness (QED) is 0.647. The van der Waals surface area contributed by atoms with Crippen LogP contribution in [-0.4, -0.2) is 35.0 Å². The van der Waals surface area contributed by atoms with Gasteiger partial charge in [-0.3, -0.25) is 14.6 Å². The number of aromatic amines is 1. The Balaban J connectivity index is 1.56. The Kier molecular flexibility index (Phi) is 5.90. The molecule has 0 aliphatic carbocycles. The monoisotopic (exact) mass is 424 g/mol. The van der Waals surface area contributed by atoms with E-state index in [1.807, 2.05) is 18.4 Å². The molecule has 2 aromatic heterocycles. The van der Waals surface area contributed by atoms with Crippen molar-refractivity contribution in [3.8, 4) is 11.1 Å². The number of rotatable bonds is 5. The SMILES string of the molecule is CC[C@H](C)NC(=O)C1CCN(c2nc3c(-c4cccc(C)c4)csc3c(=O)[nH]2)CC1. The highest BCUT2D eigenvalue weighted by Crippen LogP contribution is 2.32. The maximum absolute atomic E-state index is 12.7. The smallest absolute Gasteiger partial charge is 0.270 e. The molecule has 0 radical (unpaired) electrons. The maximum atomic E-state index is 12.7. The molecule has 0 unspecified atom stereocenters. The summed E-state index contributed by atoms with van der Waals surface area (Å²) in [6, 6.07) is 8.46. The minimum atomic E-state index is -0.101. The summed E-state index contributed by atoms with van der Waals surface area (Å²) in [5.74, 6) is 0.760. The van der Waals surface area contributed by atoms with Gasteiger partial charge in [0.2, 0.25) is 11.9 Å². The van der Waals surface area contributed by atoms with Gasteiger partial charge >= 0.3 is 0 Å². The number of nitrogens with one attached hydrogen (secondary N) is 2. The van der Waals surface area contributed by atoms with E-state index in [9.17, 15) is 9.59 Å². The molecule has 3 heterocycles. The summed E-state index contributed by atoms with van der Waals surface area (Å²) in [4.78, 5) is 35.0. The molecule has 4 rings (SSSR count). The van der Waals surface area contributed by atoms with E-state index >= 15 is 0 Å². The van der Waals surface area contributed by atoms with Crippen molar-refractivity contribution in [1.82, 2.24) is 15.3 Å². The summed E-state index contributed by atoms with van der Waals surface area (Å²) in [6.45, 7) is 7.57. The van der Waals surface area contributed by atoms with Crippen LogP contribution in [0.2, 0.25) is 0 Å². The lowest BCUT2D eigenvalue weighted by Gasteiger charge is -2.32. The van der Waals surface area contributed by atoms with Crippen molar-refractivity contribution in [2.24, 2.45) is 5.92 Å². The number of nitrogens with zero attached hydrogens (tertiary/aromatic N) is 2. The largest absolute Gasteiger partial charge is 0.353 e. The minimum Gasteiger partial charge on any atom is -0.353 e. The van der Waals surface area contributed by atoms with Crippen LogP contribution in [0.15, 0.2) is 34.4 Å². The van der Waals surface area contributed by atoms with E-state index in [1.165, 1.54) is 16.9 Å². The van der Waals surface area contributed by atoms with Crippen molar-refractivity contribution in [3.63, 3.8) is 0 Å². The number of aromatic nitrogens is 2. The summed E-state index contributed by atoms with van der Waals surface area (Å²) in [5.41, 5.74) is 3.89. The Morgan fingerprint density at radius 1 is 1.37 bits per heavy atom. The average Bonchev–Trinajstić information content (AvgIpc) is 3.18. The van der Waals surface area contributed by atoms with Gasteiger partial charge in [0.05, 0.1) is 5.52 Å². The highest BCUT2D eigenvalue weighted by molar-refractivity contribution is 7.17. The van der Waals surface area contributed by atoms with Crippen LogP contribution in [0.1, 0.15) is 38.7 Å². The highest BCUT2D eigenvalue weighted by atomic mass is 32.1. The zero-order chi connectivity index (χ0) is 21.3. The third-order valence-corrected chi connectivity index (χ3v) is 6.88. The van der Waals surface area contributed by atoms with Crippen LogP contribution in [0.3, 0.4) is 0 Å². The summed E-state index contributed by atoms with van der Waals surface area (Å²) < 4.78 is 0.651. The van der Waals surface area contributed by atoms with Gasteiger partial charge in [0.1, 0.15) is 4.70 Å². The van der Waals surface area contributed by atoms with Crippen molar-refractivity contribution in [2.75, 3.05) is 18.0 Å². The Hall–Kier alpha value is -2.67. The van der Waals surface area contributed by atoms with Crippen LogP contribution < -0.4 is 15.8 Å². The van der Waals surface area contributed by atoms with Gasteiger partial charge in [0.15, 0.2) is 0 Å². The van der Waals surface area contributed by atoms with Crippen LogP contribution >= 0.6 is 11.3 Å². The number of H-pyrrole nitrogens is 1. The summed E-state index contributed by atoms with van der Waals surface area (Å²) in [6.07, 6.45) is 2.45. The molecule has 2 N–H and O–H groups in total. The van der Waals surface area contributed by atoms with E-state index in [-0.39, 0.29) is 23.4 Å². The minimum absolute atomic E-state index is 0.0229. The molecule has 1 amide bonds. The topological polar surface area (TPSA) is 78.1 Å². The molecule has 0 spiro atoms. The fraction of sp³-hybridized carbons (Fsp3) is 0.435. The van der Waals surface area contributed by atoms with Crippen LogP contribution in [0.25, 0.3) is 21.3 Å². The molecule has 0 bridgehead atoms.